The molecule has 0 atom stereocenters. The number of aryl methyl sites for hydroxylation is 2. The van der Waals surface area contributed by atoms with Crippen molar-refractivity contribution in [2.75, 3.05) is 4.72 Å². The number of halogens is 1. The molecule has 3 rings (SSSR count). The minimum Gasteiger partial charge on any atom is -0.355 e. The van der Waals surface area contributed by atoms with E-state index in [1.54, 1.807) is 23.6 Å². The van der Waals surface area contributed by atoms with Crippen LogP contribution in [0.5, 0.6) is 0 Å². The molecule has 8 heteroatoms. The molecule has 0 radical (unpaired) electrons. The maximum absolute atomic E-state index is 12.5. The van der Waals surface area contributed by atoms with E-state index in [4.69, 9.17) is 4.52 Å². The predicted molar refractivity (Wildman–Crippen MR) is 99.0 cm³/mol. The Bertz CT molecular complexity index is 993. The molecule has 24 heavy (non-hydrogen) atoms. The maximum Gasteiger partial charge on any atom is 0.271 e. The van der Waals surface area contributed by atoms with Crippen molar-refractivity contribution in [3.05, 3.63) is 50.9 Å². The number of sulfonamides is 1. The zero-order valence-corrected chi connectivity index (χ0v) is 16.5. The summed E-state index contributed by atoms with van der Waals surface area (Å²) in [5, 5.41) is 5.69. The zero-order valence-electron chi connectivity index (χ0n) is 13.3. The van der Waals surface area contributed by atoms with Gasteiger partial charge in [-0.2, -0.15) is 0 Å². The molecule has 5 nitrogen and oxygen atoms in total. The first-order valence-electron chi connectivity index (χ1n) is 7.10. The number of thiophene rings is 1. The standard InChI is InChI=1S/C16H15BrN2O3S2/c1-9-6-7-12(19-24(20,21)13-5-4-8-23-13)10(2)14(9)16-15(17)11(3)18-22-16/h4-8,19H,1-3H3. The highest BCUT2D eigenvalue weighted by Crippen LogP contribution is 2.38. The van der Waals surface area contributed by atoms with Crippen LogP contribution in [-0.4, -0.2) is 13.6 Å². The van der Waals surface area contributed by atoms with Gasteiger partial charge >= 0.3 is 0 Å². The van der Waals surface area contributed by atoms with Gasteiger partial charge in [-0.25, -0.2) is 8.42 Å². The van der Waals surface area contributed by atoms with E-state index in [1.807, 2.05) is 26.8 Å². The predicted octanol–water partition coefficient (Wildman–Crippen LogP) is 4.89. The Balaban J connectivity index is 2.09. The van der Waals surface area contributed by atoms with Crippen LogP contribution in [0.2, 0.25) is 0 Å². The molecule has 0 amide bonds. The lowest BCUT2D eigenvalue weighted by Gasteiger charge is -2.14. The van der Waals surface area contributed by atoms with E-state index < -0.39 is 10.0 Å². The second-order valence-electron chi connectivity index (χ2n) is 5.38. The molecule has 126 valence electrons. The molecule has 1 N–H and O–H groups in total. The van der Waals surface area contributed by atoms with Crippen LogP contribution in [0.4, 0.5) is 5.69 Å². The normalized spacial score (nSPS) is 11.7. The Labute approximate surface area is 152 Å². The van der Waals surface area contributed by atoms with E-state index in [0.717, 1.165) is 26.9 Å². The molecule has 2 aromatic heterocycles. The van der Waals surface area contributed by atoms with Crippen LogP contribution < -0.4 is 4.72 Å². The largest absolute Gasteiger partial charge is 0.355 e. The Morgan fingerprint density at radius 3 is 2.54 bits per heavy atom. The summed E-state index contributed by atoms with van der Waals surface area (Å²) in [7, 11) is -3.60. The molecule has 0 aliphatic heterocycles. The molecule has 0 saturated heterocycles. The van der Waals surface area contributed by atoms with Crippen LogP contribution in [0, 0.1) is 20.8 Å². The van der Waals surface area contributed by atoms with Gasteiger partial charge in [0.2, 0.25) is 0 Å². The molecule has 0 aliphatic carbocycles. The number of nitrogens with zero attached hydrogens (tertiary/aromatic N) is 1. The topological polar surface area (TPSA) is 72.2 Å². The SMILES string of the molecule is Cc1ccc(NS(=O)(=O)c2cccs2)c(C)c1-c1onc(C)c1Br. The summed E-state index contributed by atoms with van der Waals surface area (Å²) in [6.07, 6.45) is 0. The number of aromatic nitrogens is 1. The first-order chi connectivity index (χ1) is 11.3. The Hall–Kier alpha value is -1.64. The highest BCUT2D eigenvalue weighted by molar-refractivity contribution is 9.10. The van der Waals surface area contributed by atoms with Gasteiger partial charge in [-0.15, -0.1) is 11.3 Å². The average Bonchev–Trinajstić information content (AvgIpc) is 3.16. The van der Waals surface area contributed by atoms with Crippen LogP contribution in [0.1, 0.15) is 16.8 Å². The monoisotopic (exact) mass is 426 g/mol. The van der Waals surface area contributed by atoms with Crippen molar-refractivity contribution in [2.45, 2.75) is 25.0 Å². The van der Waals surface area contributed by atoms with Gasteiger partial charge in [0.1, 0.15) is 4.21 Å². The molecule has 0 saturated carbocycles. The molecule has 1 aromatic carbocycles. The molecule has 0 bridgehead atoms. The third kappa shape index (κ3) is 3.01. The summed E-state index contributed by atoms with van der Waals surface area (Å²) in [4.78, 5) is 0. The Kier molecular flexibility index (Phi) is 4.54. The molecular formula is C16H15BrN2O3S2. The fourth-order valence-corrected chi connectivity index (χ4v) is 4.89. The molecule has 3 aromatic rings. The summed E-state index contributed by atoms with van der Waals surface area (Å²) in [5.74, 6) is 0.597. The van der Waals surface area contributed by atoms with Crippen molar-refractivity contribution >= 4 is 43.0 Å². The first kappa shape index (κ1) is 17.2. The fraction of sp³-hybridized carbons (Fsp3) is 0.188. The van der Waals surface area contributed by atoms with Crippen LogP contribution in [0.15, 0.2) is 42.9 Å². The number of anilines is 1. The zero-order chi connectivity index (χ0) is 17.5. The van der Waals surface area contributed by atoms with Crippen molar-refractivity contribution < 1.29 is 12.9 Å². The highest BCUT2D eigenvalue weighted by Gasteiger charge is 2.21. The number of hydrogen-bond donors (Lipinski definition) is 1. The van der Waals surface area contributed by atoms with Gasteiger partial charge in [-0.1, -0.05) is 17.3 Å². The fourth-order valence-electron chi connectivity index (χ4n) is 2.43. The molecule has 0 fully saturated rings. The van der Waals surface area contributed by atoms with Crippen molar-refractivity contribution in [2.24, 2.45) is 0 Å². The van der Waals surface area contributed by atoms with Gasteiger partial charge < -0.3 is 4.52 Å². The summed E-state index contributed by atoms with van der Waals surface area (Å²) in [5.41, 5.74) is 3.85. The highest BCUT2D eigenvalue weighted by atomic mass is 79.9. The van der Waals surface area contributed by atoms with Gasteiger partial charge in [0, 0.05) is 5.56 Å². The van der Waals surface area contributed by atoms with Crippen molar-refractivity contribution in [1.29, 1.82) is 0 Å². The average molecular weight is 427 g/mol. The molecule has 0 spiro atoms. The van der Waals surface area contributed by atoms with Crippen molar-refractivity contribution in [3.63, 3.8) is 0 Å². The van der Waals surface area contributed by atoms with Crippen molar-refractivity contribution in [3.8, 4) is 11.3 Å². The van der Waals surface area contributed by atoms with E-state index in [2.05, 4.69) is 25.8 Å². The third-order valence-electron chi connectivity index (χ3n) is 3.70. The maximum atomic E-state index is 12.5. The lowest BCUT2D eigenvalue weighted by atomic mass is 9.99. The Morgan fingerprint density at radius 1 is 1.21 bits per heavy atom. The molecule has 0 unspecified atom stereocenters. The number of benzene rings is 1. The van der Waals surface area contributed by atoms with Crippen LogP contribution in [0.3, 0.4) is 0 Å². The van der Waals surface area contributed by atoms with Gasteiger partial charge in [0.05, 0.1) is 15.9 Å². The van der Waals surface area contributed by atoms with Crippen LogP contribution in [0.25, 0.3) is 11.3 Å². The Morgan fingerprint density at radius 2 is 1.96 bits per heavy atom. The lowest BCUT2D eigenvalue weighted by molar-refractivity contribution is 0.426. The number of rotatable bonds is 4. The summed E-state index contributed by atoms with van der Waals surface area (Å²) in [6, 6.07) is 6.91. The van der Waals surface area contributed by atoms with Gasteiger partial charge in [-0.3, -0.25) is 4.72 Å². The van der Waals surface area contributed by atoms with E-state index in [9.17, 15) is 8.42 Å². The summed E-state index contributed by atoms with van der Waals surface area (Å²) < 4.78 is 34.1. The number of nitrogens with one attached hydrogen (secondary N) is 1. The quantitative estimate of drug-likeness (QED) is 0.644. The summed E-state index contributed by atoms with van der Waals surface area (Å²) >= 11 is 4.66. The minimum atomic E-state index is -3.60. The van der Waals surface area contributed by atoms with Crippen LogP contribution >= 0.6 is 27.3 Å². The molecular weight excluding hydrogens is 412 g/mol. The number of hydrogen-bond acceptors (Lipinski definition) is 5. The van der Waals surface area contributed by atoms with Gasteiger partial charge in [0.15, 0.2) is 5.76 Å². The van der Waals surface area contributed by atoms with E-state index in [-0.39, 0.29) is 4.21 Å². The van der Waals surface area contributed by atoms with Crippen molar-refractivity contribution in [1.82, 2.24) is 5.16 Å². The van der Waals surface area contributed by atoms with E-state index >= 15 is 0 Å². The summed E-state index contributed by atoms with van der Waals surface area (Å²) in [6.45, 7) is 5.65. The molecule has 0 aliphatic rings. The minimum absolute atomic E-state index is 0.278. The van der Waals surface area contributed by atoms with E-state index in [1.165, 1.54) is 11.3 Å². The van der Waals surface area contributed by atoms with Crippen LogP contribution in [-0.2, 0) is 10.0 Å². The lowest BCUT2D eigenvalue weighted by Crippen LogP contribution is -2.12. The first-order valence-corrected chi connectivity index (χ1v) is 10.3. The van der Waals surface area contributed by atoms with Gasteiger partial charge in [-0.05, 0) is 65.3 Å². The molecule has 2 heterocycles. The van der Waals surface area contributed by atoms with Gasteiger partial charge in [0.25, 0.3) is 10.0 Å². The van der Waals surface area contributed by atoms with E-state index in [0.29, 0.717) is 11.4 Å². The second-order valence-corrected chi connectivity index (χ2v) is 9.03. The third-order valence-corrected chi connectivity index (χ3v) is 7.39. The smallest absolute Gasteiger partial charge is 0.271 e. The second kappa shape index (κ2) is 6.34.